The molecule has 1 rings (SSSR count). The molecule has 4 heteroatoms. The van der Waals surface area contributed by atoms with Crippen molar-refractivity contribution in [3.63, 3.8) is 0 Å². The minimum atomic E-state index is -0.545. The minimum Gasteiger partial charge on any atom is -0.394 e. The van der Waals surface area contributed by atoms with Gasteiger partial charge in [-0.25, -0.2) is 0 Å². The summed E-state index contributed by atoms with van der Waals surface area (Å²) in [5.74, 6) is 0. The van der Waals surface area contributed by atoms with Crippen molar-refractivity contribution in [2.24, 2.45) is 0 Å². The van der Waals surface area contributed by atoms with Gasteiger partial charge < -0.3 is 10.4 Å². The fourth-order valence-corrected chi connectivity index (χ4v) is 2.41. The number of benzene rings is 1. The summed E-state index contributed by atoms with van der Waals surface area (Å²) in [7, 11) is 0. The van der Waals surface area contributed by atoms with Crippen LogP contribution in [-0.2, 0) is 5.54 Å². The summed E-state index contributed by atoms with van der Waals surface area (Å²) < 4.78 is 0. The second-order valence-electron chi connectivity index (χ2n) is 4.57. The van der Waals surface area contributed by atoms with Crippen molar-refractivity contribution >= 4 is 23.2 Å². The zero-order valence-electron chi connectivity index (χ0n) is 10.4. The van der Waals surface area contributed by atoms with Crippen LogP contribution in [0.2, 0.25) is 10.0 Å². The standard InChI is InChI=1S/C13H19Cl2NO/c1-4-9(2)16-13(3,8-17)11-6-5-10(14)7-12(11)15/h5-7,9,16-17H,4,8H2,1-3H3. The molecule has 0 amide bonds. The van der Waals surface area contributed by atoms with E-state index in [4.69, 9.17) is 23.2 Å². The lowest BCUT2D eigenvalue weighted by Crippen LogP contribution is -2.47. The number of aliphatic hydroxyl groups excluding tert-OH is 1. The van der Waals surface area contributed by atoms with Crippen LogP contribution in [0, 0.1) is 0 Å². The Morgan fingerprint density at radius 1 is 1.41 bits per heavy atom. The normalized spacial score (nSPS) is 16.6. The highest BCUT2D eigenvalue weighted by Gasteiger charge is 2.29. The highest BCUT2D eigenvalue weighted by molar-refractivity contribution is 6.35. The first-order valence-electron chi connectivity index (χ1n) is 5.77. The molecule has 0 heterocycles. The van der Waals surface area contributed by atoms with Gasteiger partial charge in [0.2, 0.25) is 0 Å². The van der Waals surface area contributed by atoms with Crippen LogP contribution < -0.4 is 5.32 Å². The summed E-state index contributed by atoms with van der Waals surface area (Å²) in [6, 6.07) is 5.65. The molecule has 0 aliphatic heterocycles. The maximum absolute atomic E-state index is 9.62. The molecule has 1 aromatic rings. The van der Waals surface area contributed by atoms with Crippen molar-refractivity contribution in [3.8, 4) is 0 Å². The summed E-state index contributed by atoms with van der Waals surface area (Å²) in [5.41, 5.74) is 0.322. The van der Waals surface area contributed by atoms with Crippen molar-refractivity contribution in [1.82, 2.24) is 5.32 Å². The first-order chi connectivity index (χ1) is 7.92. The van der Waals surface area contributed by atoms with Gasteiger partial charge in [0.15, 0.2) is 0 Å². The van der Waals surface area contributed by atoms with Crippen molar-refractivity contribution in [2.75, 3.05) is 6.61 Å². The van der Waals surface area contributed by atoms with Crippen LogP contribution in [0.1, 0.15) is 32.8 Å². The highest BCUT2D eigenvalue weighted by Crippen LogP contribution is 2.30. The number of hydrogen-bond donors (Lipinski definition) is 2. The fourth-order valence-electron chi connectivity index (χ4n) is 1.79. The molecule has 96 valence electrons. The van der Waals surface area contributed by atoms with Crippen molar-refractivity contribution in [3.05, 3.63) is 33.8 Å². The Labute approximate surface area is 113 Å². The summed E-state index contributed by atoms with van der Waals surface area (Å²) in [6.07, 6.45) is 0.987. The van der Waals surface area contributed by atoms with Crippen molar-refractivity contribution in [1.29, 1.82) is 0 Å². The predicted octanol–water partition coefficient (Wildman–Crippen LogP) is 3.59. The lowest BCUT2D eigenvalue weighted by atomic mass is 9.91. The Kier molecular flexibility index (Phi) is 5.26. The van der Waals surface area contributed by atoms with Gasteiger partial charge in [-0.15, -0.1) is 0 Å². The van der Waals surface area contributed by atoms with E-state index in [0.717, 1.165) is 12.0 Å². The molecule has 0 fully saturated rings. The Morgan fingerprint density at radius 3 is 2.53 bits per heavy atom. The number of hydrogen-bond acceptors (Lipinski definition) is 2. The summed E-state index contributed by atoms with van der Waals surface area (Å²) in [4.78, 5) is 0. The molecule has 2 nitrogen and oxygen atoms in total. The monoisotopic (exact) mass is 275 g/mol. The van der Waals surface area contributed by atoms with Crippen LogP contribution in [0.3, 0.4) is 0 Å². The van der Waals surface area contributed by atoms with Gasteiger partial charge in [-0.2, -0.15) is 0 Å². The van der Waals surface area contributed by atoms with Gasteiger partial charge in [-0.05, 0) is 38.0 Å². The molecule has 17 heavy (non-hydrogen) atoms. The minimum absolute atomic E-state index is 0.0152. The Morgan fingerprint density at radius 2 is 2.06 bits per heavy atom. The molecule has 0 saturated carbocycles. The zero-order chi connectivity index (χ0) is 13.1. The number of rotatable bonds is 5. The van der Waals surface area contributed by atoms with Gasteiger partial charge >= 0.3 is 0 Å². The fraction of sp³-hybridized carbons (Fsp3) is 0.538. The van der Waals surface area contributed by atoms with E-state index in [1.807, 2.05) is 13.0 Å². The molecular formula is C13H19Cl2NO. The van der Waals surface area contributed by atoms with Gasteiger partial charge in [0, 0.05) is 16.1 Å². The zero-order valence-corrected chi connectivity index (χ0v) is 11.9. The average Bonchev–Trinajstić information content (AvgIpc) is 2.28. The SMILES string of the molecule is CCC(C)NC(C)(CO)c1ccc(Cl)cc1Cl. The lowest BCUT2D eigenvalue weighted by Gasteiger charge is -2.33. The van der Waals surface area contributed by atoms with E-state index in [1.54, 1.807) is 12.1 Å². The molecule has 2 unspecified atom stereocenters. The molecular weight excluding hydrogens is 257 g/mol. The number of halogens is 2. The maximum atomic E-state index is 9.62. The third kappa shape index (κ3) is 3.59. The molecule has 0 aromatic heterocycles. The molecule has 2 atom stereocenters. The molecule has 0 aliphatic rings. The molecule has 0 spiro atoms. The van der Waals surface area contributed by atoms with Crippen LogP contribution in [0.5, 0.6) is 0 Å². The third-order valence-corrected chi connectivity index (χ3v) is 3.57. The molecule has 0 radical (unpaired) electrons. The Balaban J connectivity index is 3.07. The average molecular weight is 276 g/mol. The van der Waals surface area contributed by atoms with Crippen molar-refractivity contribution in [2.45, 2.75) is 38.8 Å². The maximum Gasteiger partial charge on any atom is 0.0657 e. The van der Waals surface area contributed by atoms with Crippen LogP contribution in [0.4, 0.5) is 0 Å². The quantitative estimate of drug-likeness (QED) is 0.861. The van der Waals surface area contributed by atoms with E-state index in [0.29, 0.717) is 16.1 Å². The van der Waals surface area contributed by atoms with E-state index in [-0.39, 0.29) is 6.61 Å². The molecule has 1 aromatic carbocycles. The van der Waals surface area contributed by atoms with Crippen LogP contribution in [-0.4, -0.2) is 17.8 Å². The molecule has 0 saturated heterocycles. The van der Waals surface area contributed by atoms with E-state index >= 15 is 0 Å². The van der Waals surface area contributed by atoms with Crippen molar-refractivity contribution < 1.29 is 5.11 Å². The summed E-state index contributed by atoms with van der Waals surface area (Å²) in [5, 5.41) is 14.2. The largest absolute Gasteiger partial charge is 0.394 e. The number of aliphatic hydroxyl groups is 1. The topological polar surface area (TPSA) is 32.3 Å². The molecule has 0 bridgehead atoms. The molecule has 2 N–H and O–H groups in total. The van der Waals surface area contributed by atoms with Gasteiger partial charge in [0.25, 0.3) is 0 Å². The smallest absolute Gasteiger partial charge is 0.0657 e. The van der Waals surface area contributed by atoms with Crippen LogP contribution in [0.25, 0.3) is 0 Å². The van der Waals surface area contributed by atoms with Crippen LogP contribution >= 0.6 is 23.2 Å². The third-order valence-electron chi connectivity index (χ3n) is 3.02. The second kappa shape index (κ2) is 6.05. The predicted molar refractivity (Wildman–Crippen MR) is 73.8 cm³/mol. The second-order valence-corrected chi connectivity index (χ2v) is 5.41. The van der Waals surface area contributed by atoms with E-state index in [2.05, 4.69) is 19.2 Å². The van der Waals surface area contributed by atoms with Gasteiger partial charge in [-0.3, -0.25) is 0 Å². The van der Waals surface area contributed by atoms with E-state index in [1.165, 1.54) is 0 Å². The van der Waals surface area contributed by atoms with E-state index < -0.39 is 5.54 Å². The lowest BCUT2D eigenvalue weighted by molar-refractivity contribution is 0.162. The summed E-state index contributed by atoms with van der Waals surface area (Å²) in [6.45, 7) is 6.10. The van der Waals surface area contributed by atoms with Gasteiger partial charge in [-0.1, -0.05) is 36.2 Å². The number of nitrogens with one attached hydrogen (secondary N) is 1. The van der Waals surface area contributed by atoms with Gasteiger partial charge in [0.05, 0.1) is 12.1 Å². The Bertz CT molecular complexity index is 384. The first-order valence-corrected chi connectivity index (χ1v) is 6.52. The highest BCUT2D eigenvalue weighted by atomic mass is 35.5. The van der Waals surface area contributed by atoms with Gasteiger partial charge in [0.1, 0.15) is 0 Å². The van der Waals surface area contributed by atoms with E-state index in [9.17, 15) is 5.11 Å². The molecule has 0 aliphatic carbocycles. The first kappa shape index (κ1) is 14.8. The Hall–Kier alpha value is -0.280. The van der Waals surface area contributed by atoms with Crippen LogP contribution in [0.15, 0.2) is 18.2 Å². The summed E-state index contributed by atoms with van der Waals surface area (Å²) >= 11 is 12.1.